The van der Waals surface area contributed by atoms with Crippen LogP contribution in [0.2, 0.25) is 0 Å². The van der Waals surface area contributed by atoms with Crippen LogP contribution in [0.3, 0.4) is 0 Å². The number of carbonyl (C=O) groups is 2. The fraction of sp³-hybridized carbons (Fsp3) is 0.235. The number of anilines is 1. The van der Waals surface area contributed by atoms with Crippen LogP contribution < -0.4 is 20.1 Å². The van der Waals surface area contributed by atoms with Gasteiger partial charge in [0, 0.05) is 11.8 Å². The molecule has 138 valence electrons. The topological polar surface area (TPSA) is 89.5 Å². The maximum absolute atomic E-state index is 12.3. The van der Waals surface area contributed by atoms with E-state index in [0.717, 1.165) is 5.56 Å². The predicted octanol–water partition coefficient (Wildman–Crippen LogP) is 2.37. The zero-order valence-corrected chi connectivity index (χ0v) is 14.1. The summed E-state index contributed by atoms with van der Waals surface area (Å²) in [6.45, 7) is -1.51. The van der Waals surface area contributed by atoms with E-state index >= 15 is 0 Å². The van der Waals surface area contributed by atoms with Gasteiger partial charge < -0.3 is 20.1 Å². The Morgan fingerprint density at radius 2 is 2.00 bits per heavy atom. The molecule has 7 nitrogen and oxygen atoms in total. The first-order valence-corrected chi connectivity index (χ1v) is 7.53. The molecule has 0 atom stereocenters. The van der Waals surface area contributed by atoms with Crippen molar-refractivity contribution < 1.29 is 27.8 Å². The average molecular weight is 365 g/mol. The minimum Gasteiger partial charge on any atom is -0.493 e. The number of hydrogen-bond acceptors (Lipinski definition) is 5. The van der Waals surface area contributed by atoms with Crippen molar-refractivity contribution in [2.45, 2.75) is 13.5 Å². The predicted molar refractivity (Wildman–Crippen MR) is 89.6 cm³/mol. The van der Waals surface area contributed by atoms with E-state index in [9.17, 15) is 18.4 Å². The van der Waals surface area contributed by atoms with Crippen molar-refractivity contribution in [2.24, 2.45) is 0 Å². The normalized spacial score (nSPS) is 10.3. The number of benzene rings is 1. The third kappa shape index (κ3) is 5.13. The van der Waals surface area contributed by atoms with Gasteiger partial charge in [0.1, 0.15) is 5.82 Å². The molecule has 0 saturated carbocycles. The van der Waals surface area contributed by atoms with E-state index in [4.69, 9.17) is 4.74 Å². The highest BCUT2D eigenvalue weighted by atomic mass is 19.3. The van der Waals surface area contributed by atoms with Crippen molar-refractivity contribution >= 4 is 17.6 Å². The molecule has 0 unspecified atom stereocenters. The van der Waals surface area contributed by atoms with Gasteiger partial charge in [0.15, 0.2) is 11.5 Å². The van der Waals surface area contributed by atoms with Gasteiger partial charge in [0.2, 0.25) is 5.91 Å². The third-order valence-corrected chi connectivity index (χ3v) is 3.32. The third-order valence-electron chi connectivity index (χ3n) is 3.32. The van der Waals surface area contributed by atoms with Crippen LogP contribution in [0.4, 0.5) is 14.6 Å². The number of ether oxygens (including phenoxy) is 2. The lowest BCUT2D eigenvalue weighted by Crippen LogP contribution is -2.33. The van der Waals surface area contributed by atoms with Crippen LogP contribution in [0.15, 0.2) is 36.5 Å². The van der Waals surface area contributed by atoms with Gasteiger partial charge >= 0.3 is 6.61 Å². The molecule has 0 fully saturated rings. The molecule has 26 heavy (non-hydrogen) atoms. The number of carbonyl (C=O) groups excluding carboxylic acids is 2. The van der Waals surface area contributed by atoms with Gasteiger partial charge in [-0.25, -0.2) is 4.98 Å². The number of alkyl halides is 2. The number of aromatic nitrogens is 1. The second-order valence-corrected chi connectivity index (χ2v) is 5.14. The lowest BCUT2D eigenvalue weighted by molar-refractivity contribution is -0.115. The number of rotatable bonds is 7. The van der Waals surface area contributed by atoms with Crippen LogP contribution in [0.1, 0.15) is 15.9 Å². The minimum atomic E-state index is -3.01. The molecule has 0 aliphatic heterocycles. The molecular formula is C17H17F2N3O4. The van der Waals surface area contributed by atoms with Crippen LogP contribution in [0.5, 0.6) is 11.5 Å². The molecule has 9 heteroatoms. The first kappa shape index (κ1) is 19.1. The van der Waals surface area contributed by atoms with Crippen LogP contribution >= 0.6 is 0 Å². The highest BCUT2D eigenvalue weighted by Gasteiger charge is 2.15. The van der Waals surface area contributed by atoms with Crippen molar-refractivity contribution in [3.63, 3.8) is 0 Å². The van der Waals surface area contributed by atoms with E-state index in [0.29, 0.717) is 5.82 Å². The molecule has 0 aliphatic rings. The zero-order valence-electron chi connectivity index (χ0n) is 14.1. The Bertz CT molecular complexity index is 799. The smallest absolute Gasteiger partial charge is 0.387 e. The number of aryl methyl sites for hydroxylation is 1. The second-order valence-electron chi connectivity index (χ2n) is 5.14. The van der Waals surface area contributed by atoms with E-state index in [1.165, 1.54) is 31.5 Å². The summed E-state index contributed by atoms with van der Waals surface area (Å²) in [5.74, 6) is -0.833. The summed E-state index contributed by atoms with van der Waals surface area (Å²) in [5, 5.41) is 5.00. The number of amides is 2. The fourth-order valence-electron chi connectivity index (χ4n) is 2.06. The molecule has 2 amide bonds. The summed E-state index contributed by atoms with van der Waals surface area (Å²) in [7, 11) is 1.26. The molecule has 1 aromatic heterocycles. The maximum Gasteiger partial charge on any atom is 0.387 e. The number of hydrogen-bond donors (Lipinski definition) is 2. The Morgan fingerprint density at radius 3 is 2.65 bits per heavy atom. The highest BCUT2D eigenvalue weighted by Crippen LogP contribution is 2.29. The molecule has 2 N–H and O–H groups in total. The number of methoxy groups -OCH3 is 1. The van der Waals surface area contributed by atoms with E-state index in [1.54, 1.807) is 19.1 Å². The molecule has 1 heterocycles. The molecule has 0 bridgehead atoms. The number of pyridine rings is 1. The van der Waals surface area contributed by atoms with Crippen molar-refractivity contribution in [1.82, 2.24) is 10.3 Å². The standard InChI is InChI=1S/C17H17F2N3O4/c1-10-4-3-7-20-15(10)22-14(23)9-21-16(24)11-5-6-12(26-17(18)19)13(8-11)25-2/h3-8,17H,9H2,1-2H3,(H,21,24)(H,20,22,23). The van der Waals surface area contributed by atoms with Gasteiger partial charge in [-0.05, 0) is 36.8 Å². The van der Waals surface area contributed by atoms with E-state index in [-0.39, 0.29) is 23.6 Å². The Hall–Kier alpha value is -3.23. The molecule has 0 aliphatic carbocycles. The van der Waals surface area contributed by atoms with Gasteiger partial charge in [-0.3, -0.25) is 9.59 Å². The molecule has 1 aromatic carbocycles. The Balaban J connectivity index is 1.97. The largest absolute Gasteiger partial charge is 0.493 e. The number of nitrogens with zero attached hydrogens (tertiary/aromatic N) is 1. The lowest BCUT2D eigenvalue weighted by Gasteiger charge is -2.12. The first-order valence-electron chi connectivity index (χ1n) is 7.53. The fourth-order valence-corrected chi connectivity index (χ4v) is 2.06. The van der Waals surface area contributed by atoms with Crippen molar-refractivity contribution in [3.05, 3.63) is 47.7 Å². The molecule has 2 aromatic rings. The van der Waals surface area contributed by atoms with Crippen LogP contribution in [0, 0.1) is 6.92 Å². The minimum absolute atomic E-state index is 0.0217. The van der Waals surface area contributed by atoms with Gasteiger partial charge in [-0.15, -0.1) is 0 Å². The summed E-state index contributed by atoms with van der Waals surface area (Å²) < 4.78 is 33.8. The number of nitrogens with one attached hydrogen (secondary N) is 2. The first-order chi connectivity index (χ1) is 12.4. The summed E-state index contributed by atoms with van der Waals surface area (Å²) in [4.78, 5) is 28.0. The Morgan fingerprint density at radius 1 is 1.23 bits per heavy atom. The van der Waals surface area contributed by atoms with Gasteiger partial charge in [-0.2, -0.15) is 8.78 Å². The van der Waals surface area contributed by atoms with E-state index in [2.05, 4.69) is 20.4 Å². The van der Waals surface area contributed by atoms with Crippen molar-refractivity contribution in [3.8, 4) is 11.5 Å². The van der Waals surface area contributed by atoms with Gasteiger partial charge in [0.05, 0.1) is 13.7 Å². The van der Waals surface area contributed by atoms with E-state index in [1.807, 2.05) is 0 Å². The second kappa shape index (κ2) is 8.75. The number of halogens is 2. The van der Waals surface area contributed by atoms with Crippen LogP contribution in [-0.2, 0) is 4.79 Å². The zero-order chi connectivity index (χ0) is 19.1. The molecule has 0 spiro atoms. The molecule has 2 rings (SSSR count). The molecule has 0 radical (unpaired) electrons. The summed E-state index contributed by atoms with van der Waals surface area (Å²) in [5.41, 5.74) is 0.914. The summed E-state index contributed by atoms with van der Waals surface area (Å²) >= 11 is 0. The van der Waals surface area contributed by atoms with Crippen molar-refractivity contribution in [2.75, 3.05) is 19.0 Å². The monoisotopic (exact) mass is 365 g/mol. The SMILES string of the molecule is COc1cc(C(=O)NCC(=O)Nc2ncccc2C)ccc1OC(F)F. The van der Waals surface area contributed by atoms with Crippen molar-refractivity contribution in [1.29, 1.82) is 0 Å². The Kier molecular flexibility index (Phi) is 6.42. The van der Waals surface area contributed by atoms with Gasteiger partial charge in [-0.1, -0.05) is 6.07 Å². The quantitative estimate of drug-likeness (QED) is 0.786. The van der Waals surface area contributed by atoms with Gasteiger partial charge in [0.25, 0.3) is 5.91 Å². The van der Waals surface area contributed by atoms with Crippen LogP contribution in [-0.4, -0.2) is 37.1 Å². The lowest BCUT2D eigenvalue weighted by atomic mass is 10.2. The Labute approximate surface area is 148 Å². The van der Waals surface area contributed by atoms with Crippen LogP contribution in [0.25, 0.3) is 0 Å². The summed E-state index contributed by atoms with van der Waals surface area (Å²) in [6, 6.07) is 7.25. The maximum atomic E-state index is 12.3. The molecular weight excluding hydrogens is 348 g/mol. The summed E-state index contributed by atoms with van der Waals surface area (Å²) in [6.07, 6.45) is 1.54. The molecule has 0 saturated heterocycles. The highest BCUT2D eigenvalue weighted by molar-refractivity contribution is 5.99. The van der Waals surface area contributed by atoms with E-state index < -0.39 is 18.4 Å². The average Bonchev–Trinajstić information content (AvgIpc) is 2.61.